The zero-order valence-electron chi connectivity index (χ0n) is 20.9. The van der Waals surface area contributed by atoms with Gasteiger partial charge in [0.15, 0.2) is 0 Å². The highest BCUT2D eigenvalue weighted by molar-refractivity contribution is 5.83. The molecule has 9 heteroatoms. The number of aromatic nitrogens is 1. The molecule has 0 unspecified atom stereocenters. The van der Waals surface area contributed by atoms with Crippen molar-refractivity contribution in [2.45, 2.75) is 31.5 Å². The fourth-order valence-electron chi connectivity index (χ4n) is 4.92. The molecule has 0 radical (unpaired) electrons. The Labute approximate surface area is 219 Å². The number of carboxylic acid groups (broad SMARTS) is 1. The summed E-state index contributed by atoms with van der Waals surface area (Å²) in [5.41, 5.74) is 1.22. The van der Waals surface area contributed by atoms with Gasteiger partial charge in [-0.15, -0.1) is 0 Å². The standard InChI is InChI=1S/C29H29F3N2O4/c1-38-22-9-10-26-24(17-22)23(12-14-33-26)27(35)11-6-20-13-16-34(18-25(20)28(36)37)15-2-3-19-4-7-21(8-5-19)29(30,31)32/h4-5,7-10,12,14,17,20,25,27,35H,6,11,13,15-16,18H2,1H3,(H,36,37)/t20-,25+,27+/m1/s1. The lowest BCUT2D eigenvalue weighted by Gasteiger charge is -2.36. The number of hydrogen-bond acceptors (Lipinski definition) is 5. The number of piperidine rings is 1. The van der Waals surface area contributed by atoms with Crippen LogP contribution in [-0.2, 0) is 11.0 Å². The molecule has 1 fully saturated rings. The number of aliphatic hydroxyl groups excluding tert-OH is 1. The van der Waals surface area contributed by atoms with Gasteiger partial charge in [0.25, 0.3) is 0 Å². The van der Waals surface area contributed by atoms with Gasteiger partial charge in [-0.25, -0.2) is 0 Å². The number of carboxylic acids is 1. The molecule has 1 aromatic heterocycles. The molecular weight excluding hydrogens is 497 g/mol. The number of aliphatic hydroxyl groups is 1. The highest BCUT2D eigenvalue weighted by Crippen LogP contribution is 2.34. The molecule has 200 valence electrons. The van der Waals surface area contributed by atoms with E-state index in [0.717, 1.165) is 28.6 Å². The first kappa shape index (κ1) is 27.4. The largest absolute Gasteiger partial charge is 0.497 e. The van der Waals surface area contributed by atoms with Crippen molar-refractivity contribution in [1.29, 1.82) is 0 Å². The van der Waals surface area contributed by atoms with Crippen molar-refractivity contribution in [3.05, 3.63) is 71.4 Å². The SMILES string of the molecule is COc1ccc2nccc([C@@H](O)CC[C@@H]3CCN(CC#Cc4ccc(C(F)(F)F)cc4)C[C@@H]3C(=O)O)c2c1. The number of alkyl halides is 3. The highest BCUT2D eigenvalue weighted by Gasteiger charge is 2.34. The van der Waals surface area contributed by atoms with E-state index in [2.05, 4.69) is 16.8 Å². The Bertz CT molecular complexity index is 1330. The van der Waals surface area contributed by atoms with Crippen molar-refractivity contribution in [3.8, 4) is 17.6 Å². The van der Waals surface area contributed by atoms with Gasteiger partial charge in [0.1, 0.15) is 5.75 Å². The first-order chi connectivity index (χ1) is 18.2. The maximum atomic E-state index is 12.7. The van der Waals surface area contributed by atoms with Crippen LogP contribution in [0.1, 0.15) is 42.1 Å². The number of methoxy groups -OCH3 is 1. The van der Waals surface area contributed by atoms with E-state index < -0.39 is 29.7 Å². The number of nitrogens with zero attached hydrogens (tertiary/aromatic N) is 2. The fourth-order valence-corrected chi connectivity index (χ4v) is 4.92. The van der Waals surface area contributed by atoms with E-state index in [9.17, 15) is 28.2 Å². The van der Waals surface area contributed by atoms with Crippen molar-refractivity contribution in [2.75, 3.05) is 26.7 Å². The molecule has 38 heavy (non-hydrogen) atoms. The molecule has 6 nitrogen and oxygen atoms in total. The summed E-state index contributed by atoms with van der Waals surface area (Å²) in [4.78, 5) is 18.3. The lowest BCUT2D eigenvalue weighted by atomic mass is 9.81. The maximum absolute atomic E-state index is 12.7. The fraction of sp³-hybridized carbons (Fsp3) is 0.379. The van der Waals surface area contributed by atoms with Crippen LogP contribution in [0.4, 0.5) is 13.2 Å². The average molecular weight is 527 g/mol. The molecule has 0 aliphatic carbocycles. The molecule has 2 aromatic carbocycles. The van der Waals surface area contributed by atoms with E-state index in [1.165, 1.54) is 12.1 Å². The minimum atomic E-state index is -4.39. The molecule has 3 atom stereocenters. The van der Waals surface area contributed by atoms with Crippen LogP contribution in [-0.4, -0.2) is 52.8 Å². The summed E-state index contributed by atoms with van der Waals surface area (Å²) in [6.07, 6.45) is -1.89. The van der Waals surface area contributed by atoms with Gasteiger partial charge in [0.05, 0.1) is 36.8 Å². The first-order valence-electron chi connectivity index (χ1n) is 12.4. The molecule has 2 heterocycles. The predicted octanol–water partition coefficient (Wildman–Crippen LogP) is 5.15. The number of likely N-dealkylation sites (tertiary alicyclic amines) is 1. The van der Waals surface area contributed by atoms with Gasteiger partial charge in [0.2, 0.25) is 0 Å². The van der Waals surface area contributed by atoms with Gasteiger partial charge in [-0.1, -0.05) is 11.8 Å². The topological polar surface area (TPSA) is 82.9 Å². The van der Waals surface area contributed by atoms with Gasteiger partial charge in [0, 0.05) is 23.7 Å². The number of ether oxygens (including phenoxy) is 1. The molecule has 0 amide bonds. The second-order valence-electron chi connectivity index (χ2n) is 9.48. The second-order valence-corrected chi connectivity index (χ2v) is 9.48. The third-order valence-corrected chi connectivity index (χ3v) is 7.06. The Hall–Kier alpha value is -3.61. The number of pyridine rings is 1. The Morgan fingerprint density at radius 3 is 2.66 bits per heavy atom. The van der Waals surface area contributed by atoms with Crippen molar-refractivity contribution in [3.63, 3.8) is 0 Å². The van der Waals surface area contributed by atoms with Crippen LogP contribution in [0.3, 0.4) is 0 Å². The number of aliphatic carboxylic acids is 1. The Kier molecular flexibility index (Phi) is 8.55. The van der Waals surface area contributed by atoms with E-state index in [-0.39, 0.29) is 5.92 Å². The summed E-state index contributed by atoms with van der Waals surface area (Å²) in [7, 11) is 1.58. The second kappa shape index (κ2) is 11.8. The van der Waals surface area contributed by atoms with Crippen LogP contribution in [0, 0.1) is 23.7 Å². The van der Waals surface area contributed by atoms with Gasteiger partial charge in [-0.05, 0) is 85.8 Å². The van der Waals surface area contributed by atoms with E-state index in [4.69, 9.17) is 4.74 Å². The molecule has 3 aromatic rings. The number of benzene rings is 2. The van der Waals surface area contributed by atoms with Crippen molar-refractivity contribution in [2.24, 2.45) is 11.8 Å². The van der Waals surface area contributed by atoms with E-state index in [1.807, 2.05) is 23.1 Å². The van der Waals surface area contributed by atoms with Gasteiger partial charge >= 0.3 is 12.1 Å². The van der Waals surface area contributed by atoms with E-state index in [1.54, 1.807) is 19.4 Å². The third-order valence-electron chi connectivity index (χ3n) is 7.06. The number of halogens is 3. The van der Waals surface area contributed by atoms with Crippen LogP contribution >= 0.6 is 0 Å². The summed E-state index contributed by atoms with van der Waals surface area (Å²) in [5.74, 6) is 4.89. The quantitative estimate of drug-likeness (QED) is 0.415. The lowest BCUT2D eigenvalue weighted by molar-refractivity contribution is -0.146. The van der Waals surface area contributed by atoms with Crippen LogP contribution in [0.2, 0.25) is 0 Å². The van der Waals surface area contributed by atoms with Crippen LogP contribution in [0.5, 0.6) is 5.75 Å². The molecule has 1 saturated heterocycles. The monoisotopic (exact) mass is 526 g/mol. The zero-order valence-corrected chi connectivity index (χ0v) is 20.9. The molecule has 1 aliphatic heterocycles. The molecule has 4 rings (SSSR count). The number of fused-ring (bicyclic) bond motifs is 1. The van der Waals surface area contributed by atoms with Crippen molar-refractivity contribution in [1.82, 2.24) is 9.88 Å². The molecule has 2 N–H and O–H groups in total. The summed E-state index contributed by atoms with van der Waals surface area (Å²) >= 11 is 0. The molecule has 0 saturated carbocycles. The van der Waals surface area contributed by atoms with Crippen LogP contribution < -0.4 is 4.74 Å². The summed E-state index contributed by atoms with van der Waals surface area (Å²) < 4.78 is 43.4. The first-order valence-corrected chi connectivity index (χ1v) is 12.4. The Balaban J connectivity index is 1.35. The number of hydrogen-bond donors (Lipinski definition) is 2. The Morgan fingerprint density at radius 1 is 1.21 bits per heavy atom. The van der Waals surface area contributed by atoms with Crippen molar-refractivity contribution >= 4 is 16.9 Å². The third kappa shape index (κ3) is 6.63. The number of carbonyl (C=O) groups is 1. The summed E-state index contributed by atoms with van der Waals surface area (Å²) in [6.45, 7) is 1.31. The molecule has 1 aliphatic rings. The summed E-state index contributed by atoms with van der Waals surface area (Å²) in [5, 5.41) is 21.6. The molecule has 0 spiro atoms. The lowest BCUT2D eigenvalue weighted by Crippen LogP contribution is -2.44. The normalized spacial score (nSPS) is 19.0. The van der Waals surface area contributed by atoms with Crippen molar-refractivity contribution < 1.29 is 32.9 Å². The van der Waals surface area contributed by atoms with Gasteiger partial charge in [-0.3, -0.25) is 14.7 Å². The van der Waals surface area contributed by atoms with Crippen LogP contribution in [0.25, 0.3) is 10.9 Å². The maximum Gasteiger partial charge on any atom is 0.416 e. The molecule has 0 bridgehead atoms. The minimum Gasteiger partial charge on any atom is -0.497 e. The zero-order chi connectivity index (χ0) is 27.3. The van der Waals surface area contributed by atoms with Crippen LogP contribution in [0.15, 0.2) is 54.7 Å². The minimum absolute atomic E-state index is 0.0936. The number of rotatable bonds is 7. The van der Waals surface area contributed by atoms with E-state index >= 15 is 0 Å². The highest BCUT2D eigenvalue weighted by atomic mass is 19.4. The predicted molar refractivity (Wildman–Crippen MR) is 136 cm³/mol. The van der Waals surface area contributed by atoms with Gasteiger partial charge < -0.3 is 14.9 Å². The Morgan fingerprint density at radius 2 is 1.97 bits per heavy atom. The molecular formula is C29H29F3N2O4. The van der Waals surface area contributed by atoms with Gasteiger partial charge in [-0.2, -0.15) is 13.2 Å². The average Bonchev–Trinajstić information content (AvgIpc) is 2.91. The summed E-state index contributed by atoms with van der Waals surface area (Å²) in [6, 6.07) is 11.9. The van der Waals surface area contributed by atoms with E-state index in [0.29, 0.717) is 50.2 Å². The smallest absolute Gasteiger partial charge is 0.416 e.